The number of halogens is 1. The second-order valence-electron chi connectivity index (χ2n) is 7.66. The molecule has 0 atom stereocenters. The Morgan fingerprint density at radius 3 is 2.31 bits per heavy atom. The number of amides is 2. The first kappa shape index (κ1) is 27.5. The number of aliphatic imine (C=N–C) groups is 1. The molecule has 0 aromatic carbocycles. The third kappa shape index (κ3) is 10.8. The molecule has 0 bridgehead atoms. The van der Waals surface area contributed by atoms with E-state index in [1.165, 1.54) is 0 Å². The zero-order valence-corrected chi connectivity index (χ0v) is 20.9. The minimum absolute atomic E-state index is 0. The predicted octanol–water partition coefficient (Wildman–Crippen LogP) is 2.65. The molecule has 1 rings (SSSR count). The summed E-state index contributed by atoms with van der Waals surface area (Å²) in [5, 5.41) is 6.62. The highest BCUT2D eigenvalue weighted by Crippen LogP contribution is 2.12. The number of carbonyl (C=O) groups excluding carboxylic acids is 2. The SMILES string of the molecule is CCOC(=O)N1CCC(NC(=NC)NCCN(CC)C(=O)OC(C)(C)C)CC1.I. The Kier molecular flexibility index (Phi) is 13.0. The van der Waals surface area contributed by atoms with E-state index in [1.807, 2.05) is 34.6 Å². The maximum Gasteiger partial charge on any atom is 0.410 e. The van der Waals surface area contributed by atoms with E-state index < -0.39 is 5.60 Å². The van der Waals surface area contributed by atoms with Crippen LogP contribution in [0.5, 0.6) is 0 Å². The van der Waals surface area contributed by atoms with Gasteiger partial charge in [0.1, 0.15) is 5.60 Å². The number of piperidine rings is 1. The van der Waals surface area contributed by atoms with Crippen LogP contribution in [0.1, 0.15) is 47.5 Å². The van der Waals surface area contributed by atoms with Crippen molar-refractivity contribution in [3.63, 3.8) is 0 Å². The number of hydrogen-bond acceptors (Lipinski definition) is 5. The Balaban J connectivity index is 0.00000784. The summed E-state index contributed by atoms with van der Waals surface area (Å²) in [6, 6.07) is 0.241. The first-order valence-electron chi connectivity index (χ1n) is 10.1. The van der Waals surface area contributed by atoms with Gasteiger partial charge in [-0.2, -0.15) is 0 Å². The van der Waals surface area contributed by atoms with Crippen molar-refractivity contribution >= 4 is 42.1 Å². The van der Waals surface area contributed by atoms with E-state index >= 15 is 0 Å². The lowest BCUT2D eigenvalue weighted by Gasteiger charge is -2.32. The second-order valence-corrected chi connectivity index (χ2v) is 7.66. The van der Waals surface area contributed by atoms with E-state index in [2.05, 4.69) is 15.6 Å². The van der Waals surface area contributed by atoms with Gasteiger partial charge in [0.15, 0.2) is 5.96 Å². The van der Waals surface area contributed by atoms with Gasteiger partial charge in [-0.05, 0) is 47.5 Å². The molecule has 1 aliphatic heterocycles. The monoisotopic (exact) mass is 527 g/mol. The third-order valence-corrected chi connectivity index (χ3v) is 4.29. The van der Waals surface area contributed by atoms with Crippen LogP contribution in [0.4, 0.5) is 9.59 Å². The van der Waals surface area contributed by atoms with Gasteiger partial charge in [0, 0.05) is 45.8 Å². The number of likely N-dealkylation sites (N-methyl/N-ethyl adjacent to an activating group) is 1. The van der Waals surface area contributed by atoms with Crippen LogP contribution >= 0.6 is 24.0 Å². The highest BCUT2D eigenvalue weighted by molar-refractivity contribution is 14.0. The Hall–Kier alpha value is -1.46. The molecule has 170 valence electrons. The largest absolute Gasteiger partial charge is 0.450 e. The molecule has 0 saturated carbocycles. The zero-order valence-electron chi connectivity index (χ0n) is 18.6. The lowest BCUT2D eigenvalue weighted by atomic mass is 10.1. The molecule has 2 N–H and O–H groups in total. The average Bonchev–Trinajstić information content (AvgIpc) is 2.63. The summed E-state index contributed by atoms with van der Waals surface area (Å²) in [6.45, 7) is 12.7. The van der Waals surface area contributed by atoms with E-state index in [0.29, 0.717) is 45.3 Å². The summed E-state index contributed by atoms with van der Waals surface area (Å²) in [5.41, 5.74) is -0.506. The van der Waals surface area contributed by atoms with Crippen molar-refractivity contribution in [1.82, 2.24) is 20.4 Å². The molecule has 29 heavy (non-hydrogen) atoms. The molecule has 1 saturated heterocycles. The van der Waals surface area contributed by atoms with Crippen molar-refractivity contribution in [3.05, 3.63) is 0 Å². The van der Waals surface area contributed by atoms with Gasteiger partial charge < -0.3 is 29.9 Å². The summed E-state index contributed by atoms with van der Waals surface area (Å²) < 4.78 is 10.5. The molecule has 2 amide bonds. The molecule has 0 radical (unpaired) electrons. The highest BCUT2D eigenvalue weighted by atomic mass is 127. The van der Waals surface area contributed by atoms with Crippen molar-refractivity contribution in [2.45, 2.75) is 59.1 Å². The van der Waals surface area contributed by atoms with Crippen LogP contribution in [0, 0.1) is 0 Å². The van der Waals surface area contributed by atoms with Gasteiger partial charge in [0.2, 0.25) is 0 Å². The standard InChI is InChI=1S/C19H37N5O4.HI/c1-7-23(18(26)28-19(3,4)5)14-11-21-16(20-6)22-15-9-12-24(13-10-15)17(25)27-8-2;/h15H,7-14H2,1-6H3,(H2,20,21,22);1H. The molecule has 1 aliphatic rings. The maximum atomic E-state index is 12.2. The fraction of sp³-hybridized carbons (Fsp3) is 0.842. The quantitative estimate of drug-likeness (QED) is 0.314. The van der Waals surface area contributed by atoms with Gasteiger partial charge >= 0.3 is 12.2 Å². The van der Waals surface area contributed by atoms with Gasteiger partial charge in [0.25, 0.3) is 0 Å². The van der Waals surface area contributed by atoms with Crippen LogP contribution < -0.4 is 10.6 Å². The number of nitrogens with zero attached hydrogens (tertiary/aromatic N) is 3. The second kappa shape index (κ2) is 13.7. The van der Waals surface area contributed by atoms with Crippen molar-refractivity contribution in [2.24, 2.45) is 4.99 Å². The van der Waals surface area contributed by atoms with Gasteiger partial charge in [0.05, 0.1) is 6.61 Å². The molecule has 0 aromatic rings. The fourth-order valence-electron chi connectivity index (χ4n) is 2.82. The van der Waals surface area contributed by atoms with E-state index in [1.54, 1.807) is 16.8 Å². The first-order valence-corrected chi connectivity index (χ1v) is 10.1. The van der Waals surface area contributed by atoms with E-state index in [9.17, 15) is 9.59 Å². The molecule has 0 aliphatic carbocycles. The Labute approximate surface area is 192 Å². The topological polar surface area (TPSA) is 95.5 Å². The normalized spacial score (nSPS) is 15.2. The number of ether oxygens (including phenoxy) is 2. The van der Waals surface area contributed by atoms with Gasteiger partial charge in [-0.3, -0.25) is 4.99 Å². The molecule has 0 spiro atoms. The number of carbonyl (C=O) groups is 2. The number of rotatable bonds is 6. The fourth-order valence-corrected chi connectivity index (χ4v) is 2.82. The molecule has 10 heteroatoms. The number of likely N-dealkylation sites (tertiary alicyclic amines) is 1. The molecule has 0 aromatic heterocycles. The van der Waals surface area contributed by atoms with Crippen LogP contribution in [0.15, 0.2) is 4.99 Å². The molecular formula is C19H38IN5O4. The third-order valence-electron chi connectivity index (χ3n) is 4.29. The Morgan fingerprint density at radius 1 is 1.21 bits per heavy atom. The maximum absolute atomic E-state index is 12.2. The van der Waals surface area contributed by atoms with Crippen molar-refractivity contribution < 1.29 is 19.1 Å². The number of nitrogens with one attached hydrogen (secondary N) is 2. The Bertz CT molecular complexity index is 531. The number of guanidine groups is 1. The summed E-state index contributed by atoms with van der Waals surface area (Å²) in [4.78, 5) is 31.6. The van der Waals surface area contributed by atoms with Gasteiger partial charge in [-0.25, -0.2) is 9.59 Å². The molecule has 9 nitrogen and oxygen atoms in total. The van der Waals surface area contributed by atoms with Crippen LogP contribution in [0.3, 0.4) is 0 Å². The summed E-state index contributed by atoms with van der Waals surface area (Å²) in [7, 11) is 1.72. The predicted molar refractivity (Wildman–Crippen MR) is 125 cm³/mol. The average molecular weight is 527 g/mol. The van der Waals surface area contributed by atoms with Gasteiger partial charge in [-0.1, -0.05) is 0 Å². The first-order chi connectivity index (χ1) is 13.2. The van der Waals surface area contributed by atoms with Crippen molar-refractivity contribution in [2.75, 3.05) is 46.4 Å². The van der Waals surface area contributed by atoms with Gasteiger partial charge in [-0.15, -0.1) is 24.0 Å². The molecule has 1 fully saturated rings. The van der Waals surface area contributed by atoms with Crippen molar-refractivity contribution in [1.29, 1.82) is 0 Å². The smallest absolute Gasteiger partial charge is 0.410 e. The van der Waals surface area contributed by atoms with Crippen LogP contribution in [0.25, 0.3) is 0 Å². The molecule has 1 heterocycles. The summed E-state index contributed by atoms with van der Waals surface area (Å²) >= 11 is 0. The summed E-state index contributed by atoms with van der Waals surface area (Å²) in [5.74, 6) is 0.690. The minimum Gasteiger partial charge on any atom is -0.450 e. The molecule has 0 unspecified atom stereocenters. The van der Waals surface area contributed by atoms with E-state index in [-0.39, 0.29) is 42.2 Å². The van der Waals surface area contributed by atoms with Crippen molar-refractivity contribution in [3.8, 4) is 0 Å². The highest BCUT2D eigenvalue weighted by Gasteiger charge is 2.24. The van der Waals surface area contributed by atoms with E-state index in [0.717, 1.165) is 12.8 Å². The molecular weight excluding hydrogens is 489 g/mol. The minimum atomic E-state index is -0.506. The lowest BCUT2D eigenvalue weighted by molar-refractivity contribution is 0.0263. The van der Waals surface area contributed by atoms with Crippen LogP contribution in [-0.2, 0) is 9.47 Å². The Morgan fingerprint density at radius 2 is 1.83 bits per heavy atom. The van der Waals surface area contributed by atoms with Crippen LogP contribution in [0.2, 0.25) is 0 Å². The zero-order chi connectivity index (χ0) is 21.2. The lowest BCUT2D eigenvalue weighted by Crippen LogP contribution is -2.51. The van der Waals surface area contributed by atoms with Crippen LogP contribution in [-0.4, -0.2) is 86.0 Å². The van der Waals surface area contributed by atoms with E-state index in [4.69, 9.17) is 9.47 Å². The number of hydrogen-bond donors (Lipinski definition) is 2. The summed E-state index contributed by atoms with van der Waals surface area (Å²) in [6.07, 6.45) is 1.10.